The van der Waals surface area contributed by atoms with Crippen molar-refractivity contribution in [3.05, 3.63) is 59.4 Å². The van der Waals surface area contributed by atoms with Crippen molar-refractivity contribution in [3.8, 4) is 22.9 Å². The molecule has 7 nitrogen and oxygen atoms in total. The lowest BCUT2D eigenvalue weighted by molar-refractivity contribution is -0.138. The van der Waals surface area contributed by atoms with Crippen LogP contribution in [0.5, 0.6) is 11.5 Å². The number of halogens is 1. The molecule has 3 rings (SSSR count). The molecule has 0 unspecified atom stereocenters. The van der Waals surface area contributed by atoms with Crippen LogP contribution in [0.15, 0.2) is 53.1 Å². The van der Waals surface area contributed by atoms with Crippen LogP contribution in [0.2, 0.25) is 5.02 Å². The third-order valence-electron chi connectivity index (χ3n) is 4.32. The van der Waals surface area contributed by atoms with Crippen molar-refractivity contribution in [2.75, 3.05) is 14.2 Å². The molecule has 0 radical (unpaired) electrons. The number of amides is 1. The Labute approximate surface area is 174 Å². The molecule has 0 aliphatic heterocycles. The maximum Gasteiger partial charge on any atom is 0.263 e. The second kappa shape index (κ2) is 9.43. The van der Waals surface area contributed by atoms with Gasteiger partial charge in [0.25, 0.3) is 5.91 Å². The van der Waals surface area contributed by atoms with Gasteiger partial charge in [0.1, 0.15) is 11.5 Å². The Hall–Kier alpha value is -3.06. The number of hydrogen-bond donors (Lipinski definition) is 0. The highest BCUT2D eigenvalue weighted by Crippen LogP contribution is 2.25. The van der Waals surface area contributed by atoms with Gasteiger partial charge in [-0.2, -0.15) is 4.98 Å². The van der Waals surface area contributed by atoms with Gasteiger partial charge in [-0.3, -0.25) is 4.79 Å². The number of aromatic nitrogens is 2. The standard InChI is InChI=1S/C21H22ClN3O4/c1-4-18(28-15-11-9-14(27-3)10-12-15)21(26)25(2)13-19-23-20(24-29-19)16-7-5-6-8-17(16)22/h5-12,18H,4,13H2,1-3H3/t18-/m0/s1. The summed E-state index contributed by atoms with van der Waals surface area (Å²) in [5, 5.41) is 4.49. The van der Waals surface area contributed by atoms with Crippen molar-refractivity contribution in [1.82, 2.24) is 15.0 Å². The van der Waals surface area contributed by atoms with Crippen LogP contribution in [-0.2, 0) is 11.3 Å². The Kier molecular flexibility index (Phi) is 6.72. The van der Waals surface area contributed by atoms with Crippen LogP contribution in [0.1, 0.15) is 19.2 Å². The Bertz CT molecular complexity index is 959. The number of nitrogens with zero attached hydrogens (tertiary/aromatic N) is 3. The number of carbonyl (C=O) groups excluding carboxylic acids is 1. The summed E-state index contributed by atoms with van der Waals surface area (Å²) in [6, 6.07) is 14.3. The van der Waals surface area contributed by atoms with Crippen LogP contribution in [0, 0.1) is 0 Å². The molecule has 2 aromatic carbocycles. The summed E-state index contributed by atoms with van der Waals surface area (Å²) in [5.41, 5.74) is 0.674. The Morgan fingerprint density at radius 2 is 1.86 bits per heavy atom. The molecule has 0 N–H and O–H groups in total. The topological polar surface area (TPSA) is 77.7 Å². The second-order valence-electron chi connectivity index (χ2n) is 6.38. The molecule has 0 aliphatic carbocycles. The first-order valence-corrected chi connectivity index (χ1v) is 9.52. The summed E-state index contributed by atoms with van der Waals surface area (Å²) >= 11 is 6.17. The van der Waals surface area contributed by atoms with Crippen LogP contribution in [0.25, 0.3) is 11.4 Å². The fourth-order valence-corrected chi connectivity index (χ4v) is 2.94. The van der Waals surface area contributed by atoms with Gasteiger partial charge in [-0.25, -0.2) is 0 Å². The van der Waals surface area contributed by atoms with Gasteiger partial charge in [-0.05, 0) is 42.8 Å². The van der Waals surface area contributed by atoms with Gasteiger partial charge in [0.05, 0.1) is 18.7 Å². The molecule has 3 aromatic rings. The molecule has 1 atom stereocenters. The minimum absolute atomic E-state index is 0.165. The lowest BCUT2D eigenvalue weighted by Gasteiger charge is -2.22. The van der Waals surface area contributed by atoms with Crippen LogP contribution in [0.4, 0.5) is 0 Å². The molecule has 1 amide bonds. The molecule has 0 aliphatic rings. The van der Waals surface area contributed by atoms with E-state index in [1.165, 1.54) is 4.90 Å². The van der Waals surface area contributed by atoms with Gasteiger partial charge in [-0.1, -0.05) is 35.8 Å². The van der Waals surface area contributed by atoms with E-state index in [4.69, 9.17) is 25.6 Å². The highest BCUT2D eigenvalue weighted by molar-refractivity contribution is 6.33. The Balaban J connectivity index is 1.65. The molecule has 0 spiro atoms. The van der Waals surface area contributed by atoms with Crippen molar-refractivity contribution in [1.29, 1.82) is 0 Å². The van der Waals surface area contributed by atoms with Crippen LogP contribution < -0.4 is 9.47 Å². The van der Waals surface area contributed by atoms with Gasteiger partial charge in [0.15, 0.2) is 6.10 Å². The monoisotopic (exact) mass is 415 g/mol. The third kappa shape index (κ3) is 5.06. The predicted octanol–water partition coefficient (Wildman–Crippen LogP) is 4.21. The number of rotatable bonds is 8. The molecular weight excluding hydrogens is 394 g/mol. The number of benzene rings is 2. The van der Waals surface area contributed by atoms with Gasteiger partial charge in [-0.15, -0.1) is 0 Å². The largest absolute Gasteiger partial charge is 0.497 e. The molecule has 0 saturated carbocycles. The Morgan fingerprint density at radius 3 is 2.52 bits per heavy atom. The average Bonchev–Trinajstić information content (AvgIpc) is 3.20. The van der Waals surface area contributed by atoms with E-state index >= 15 is 0 Å². The SMILES string of the molecule is CC[C@H](Oc1ccc(OC)cc1)C(=O)N(C)Cc1nc(-c2ccccc2Cl)no1. The molecular formula is C21H22ClN3O4. The number of methoxy groups -OCH3 is 1. The summed E-state index contributed by atoms with van der Waals surface area (Å²) in [6.45, 7) is 2.06. The molecule has 1 heterocycles. The van der Waals surface area contributed by atoms with E-state index in [2.05, 4.69) is 10.1 Å². The maximum atomic E-state index is 12.8. The highest BCUT2D eigenvalue weighted by Gasteiger charge is 2.24. The Morgan fingerprint density at radius 1 is 1.17 bits per heavy atom. The maximum absolute atomic E-state index is 12.8. The second-order valence-corrected chi connectivity index (χ2v) is 6.78. The minimum atomic E-state index is -0.626. The third-order valence-corrected chi connectivity index (χ3v) is 4.65. The van der Waals surface area contributed by atoms with Crippen molar-refractivity contribution in [3.63, 3.8) is 0 Å². The zero-order chi connectivity index (χ0) is 20.8. The summed E-state index contributed by atoms with van der Waals surface area (Å²) in [6.07, 6.45) is -0.108. The van der Waals surface area contributed by atoms with E-state index in [0.29, 0.717) is 34.5 Å². The minimum Gasteiger partial charge on any atom is -0.497 e. The quantitative estimate of drug-likeness (QED) is 0.548. The first-order chi connectivity index (χ1) is 14.0. The van der Waals surface area contributed by atoms with Crippen LogP contribution >= 0.6 is 11.6 Å². The highest BCUT2D eigenvalue weighted by atomic mass is 35.5. The van der Waals surface area contributed by atoms with E-state index in [1.54, 1.807) is 44.5 Å². The van der Waals surface area contributed by atoms with E-state index < -0.39 is 6.10 Å². The van der Waals surface area contributed by atoms with Crippen molar-refractivity contribution in [2.24, 2.45) is 0 Å². The summed E-state index contributed by atoms with van der Waals surface area (Å²) in [7, 11) is 3.26. The van der Waals surface area contributed by atoms with Crippen molar-refractivity contribution in [2.45, 2.75) is 26.0 Å². The van der Waals surface area contributed by atoms with Crippen LogP contribution in [-0.4, -0.2) is 41.2 Å². The molecule has 0 bridgehead atoms. The normalized spacial score (nSPS) is 11.7. The zero-order valence-corrected chi connectivity index (χ0v) is 17.2. The lowest BCUT2D eigenvalue weighted by Crippen LogP contribution is -2.39. The zero-order valence-electron chi connectivity index (χ0n) is 16.5. The average molecular weight is 416 g/mol. The van der Waals surface area contributed by atoms with Crippen LogP contribution in [0.3, 0.4) is 0 Å². The lowest BCUT2D eigenvalue weighted by atomic mass is 10.2. The smallest absolute Gasteiger partial charge is 0.263 e. The molecule has 0 saturated heterocycles. The fourth-order valence-electron chi connectivity index (χ4n) is 2.72. The van der Waals surface area contributed by atoms with Gasteiger partial charge in [0, 0.05) is 12.6 Å². The summed E-state index contributed by atoms with van der Waals surface area (Å²) in [5.74, 6) is 1.83. The molecule has 0 fully saturated rings. The number of carbonyl (C=O) groups is 1. The van der Waals surface area contributed by atoms with Gasteiger partial charge >= 0.3 is 0 Å². The molecule has 8 heteroatoms. The van der Waals surface area contributed by atoms with E-state index in [9.17, 15) is 4.79 Å². The number of ether oxygens (including phenoxy) is 2. The first kappa shape index (κ1) is 20.7. The molecule has 29 heavy (non-hydrogen) atoms. The number of hydrogen-bond acceptors (Lipinski definition) is 6. The van der Waals surface area contributed by atoms with Gasteiger partial charge < -0.3 is 18.9 Å². The summed E-state index contributed by atoms with van der Waals surface area (Å²) < 4.78 is 16.3. The molecule has 152 valence electrons. The first-order valence-electron chi connectivity index (χ1n) is 9.15. The van der Waals surface area contributed by atoms with E-state index in [-0.39, 0.29) is 12.5 Å². The van der Waals surface area contributed by atoms with E-state index in [0.717, 1.165) is 5.75 Å². The van der Waals surface area contributed by atoms with Crippen molar-refractivity contribution >= 4 is 17.5 Å². The number of likely N-dealkylation sites (N-methyl/N-ethyl adjacent to an activating group) is 1. The molecule has 1 aromatic heterocycles. The fraction of sp³-hybridized carbons (Fsp3) is 0.286. The van der Waals surface area contributed by atoms with E-state index in [1.807, 2.05) is 25.1 Å². The predicted molar refractivity (Wildman–Crippen MR) is 109 cm³/mol. The summed E-state index contributed by atoms with van der Waals surface area (Å²) in [4.78, 5) is 18.6. The van der Waals surface area contributed by atoms with Crippen molar-refractivity contribution < 1.29 is 18.8 Å². The van der Waals surface area contributed by atoms with Gasteiger partial charge in [0.2, 0.25) is 11.7 Å².